The Bertz CT molecular complexity index is 895. The van der Waals surface area contributed by atoms with Crippen LogP contribution in [0.25, 0.3) is 6.08 Å². The van der Waals surface area contributed by atoms with Crippen molar-refractivity contribution in [3.8, 4) is 0 Å². The molecule has 0 radical (unpaired) electrons. The van der Waals surface area contributed by atoms with Crippen LogP contribution in [0.15, 0.2) is 29.7 Å². The van der Waals surface area contributed by atoms with Gasteiger partial charge in [0.15, 0.2) is 6.61 Å². The van der Waals surface area contributed by atoms with E-state index in [-0.39, 0.29) is 0 Å². The number of rotatable bonds is 7. The molecule has 2 N–H and O–H groups in total. The van der Waals surface area contributed by atoms with Gasteiger partial charge in [0, 0.05) is 28.4 Å². The first-order valence-corrected chi connectivity index (χ1v) is 9.95. The van der Waals surface area contributed by atoms with Gasteiger partial charge < -0.3 is 14.6 Å². The van der Waals surface area contributed by atoms with E-state index in [0.29, 0.717) is 12.6 Å². The maximum absolute atomic E-state index is 11.8. The predicted octanol–water partition coefficient (Wildman–Crippen LogP) is 3.08. The van der Waals surface area contributed by atoms with E-state index in [1.807, 2.05) is 30.5 Å². The second kappa shape index (κ2) is 8.88. The van der Waals surface area contributed by atoms with Crippen LogP contribution in [0.1, 0.15) is 40.7 Å². The molecular formula is C20H23N3O4S. The van der Waals surface area contributed by atoms with Crippen molar-refractivity contribution in [2.45, 2.75) is 39.3 Å². The highest BCUT2D eigenvalue weighted by Gasteiger charge is 2.26. The number of esters is 1. The largest absolute Gasteiger partial charge is 0.452 e. The molecule has 148 valence electrons. The number of hydrogen-bond donors (Lipinski definition) is 2. The number of urea groups is 1. The lowest BCUT2D eigenvalue weighted by Gasteiger charge is -2.06. The highest BCUT2D eigenvalue weighted by atomic mass is 32.1. The Morgan fingerprint density at radius 2 is 2.11 bits per heavy atom. The number of aromatic nitrogens is 1. The van der Waals surface area contributed by atoms with Crippen molar-refractivity contribution in [1.29, 1.82) is 0 Å². The van der Waals surface area contributed by atoms with E-state index in [2.05, 4.69) is 22.1 Å². The Balaban J connectivity index is 1.41. The van der Waals surface area contributed by atoms with Gasteiger partial charge in [0.05, 0.1) is 6.54 Å². The zero-order chi connectivity index (χ0) is 20.1. The van der Waals surface area contributed by atoms with Gasteiger partial charge in [-0.2, -0.15) is 0 Å². The number of nitrogens with zero attached hydrogens (tertiary/aromatic N) is 1. The number of hydrogen-bond acceptors (Lipinski definition) is 5. The minimum Gasteiger partial charge on any atom is -0.452 e. The van der Waals surface area contributed by atoms with Crippen molar-refractivity contribution in [2.75, 3.05) is 6.61 Å². The highest BCUT2D eigenvalue weighted by Crippen LogP contribution is 2.38. The summed E-state index contributed by atoms with van der Waals surface area (Å²) in [5.74, 6) is -1.32. The molecule has 3 amide bonds. The smallest absolute Gasteiger partial charge is 0.331 e. The summed E-state index contributed by atoms with van der Waals surface area (Å²) in [6, 6.07) is 5.73. The lowest BCUT2D eigenvalue weighted by molar-refractivity contribution is -0.143. The standard InChI is InChI=1S/C20H23N3O4S/c1-13-10-15(14(2)23(13)16-6-7-16)5-8-19(25)27-12-18(24)22-20(26)21-11-17-4-3-9-28-17/h3-5,8-10,16H,6-7,11-12H2,1-2H3,(H2,21,22,24,26)/b8-5+. The van der Waals surface area contributed by atoms with E-state index in [9.17, 15) is 14.4 Å². The van der Waals surface area contributed by atoms with Crippen molar-refractivity contribution in [3.05, 3.63) is 51.5 Å². The van der Waals surface area contributed by atoms with E-state index in [4.69, 9.17) is 4.74 Å². The molecule has 2 aromatic rings. The SMILES string of the molecule is Cc1cc(/C=C/C(=O)OCC(=O)NC(=O)NCc2cccs2)c(C)n1C1CC1. The fraction of sp³-hybridized carbons (Fsp3) is 0.350. The van der Waals surface area contributed by atoms with Crippen LogP contribution in [0.5, 0.6) is 0 Å². The van der Waals surface area contributed by atoms with Crippen LogP contribution >= 0.6 is 11.3 Å². The van der Waals surface area contributed by atoms with Gasteiger partial charge in [-0.3, -0.25) is 10.1 Å². The molecule has 2 heterocycles. The number of carbonyl (C=O) groups excluding carboxylic acids is 3. The van der Waals surface area contributed by atoms with Gasteiger partial charge in [-0.25, -0.2) is 9.59 Å². The predicted molar refractivity (Wildman–Crippen MR) is 107 cm³/mol. The molecule has 8 heteroatoms. The topological polar surface area (TPSA) is 89.4 Å². The van der Waals surface area contributed by atoms with Gasteiger partial charge in [-0.05, 0) is 55.8 Å². The van der Waals surface area contributed by atoms with Crippen molar-refractivity contribution in [1.82, 2.24) is 15.2 Å². The molecule has 1 aliphatic carbocycles. The summed E-state index contributed by atoms with van der Waals surface area (Å²) >= 11 is 1.50. The average molecular weight is 401 g/mol. The Morgan fingerprint density at radius 1 is 1.32 bits per heavy atom. The minimum atomic E-state index is -0.683. The molecule has 1 fully saturated rings. The monoisotopic (exact) mass is 401 g/mol. The van der Waals surface area contributed by atoms with Gasteiger partial charge in [0.25, 0.3) is 5.91 Å². The van der Waals surface area contributed by atoms with Crippen LogP contribution in [0.2, 0.25) is 0 Å². The van der Waals surface area contributed by atoms with Crippen LogP contribution < -0.4 is 10.6 Å². The molecule has 2 aromatic heterocycles. The van der Waals surface area contributed by atoms with Gasteiger partial charge in [0.1, 0.15) is 0 Å². The summed E-state index contributed by atoms with van der Waals surface area (Å²) in [6.07, 6.45) is 5.37. The van der Waals surface area contributed by atoms with E-state index in [1.54, 1.807) is 6.08 Å². The van der Waals surface area contributed by atoms with E-state index in [1.165, 1.54) is 35.9 Å². The van der Waals surface area contributed by atoms with Crippen molar-refractivity contribution in [3.63, 3.8) is 0 Å². The fourth-order valence-electron chi connectivity index (χ4n) is 3.00. The lowest BCUT2D eigenvalue weighted by Crippen LogP contribution is -2.40. The first-order valence-electron chi connectivity index (χ1n) is 9.07. The molecule has 0 spiro atoms. The quantitative estimate of drug-likeness (QED) is 0.551. The first-order chi connectivity index (χ1) is 13.4. The summed E-state index contributed by atoms with van der Waals surface area (Å²) in [7, 11) is 0. The lowest BCUT2D eigenvalue weighted by atomic mass is 10.2. The number of thiophene rings is 1. The van der Waals surface area contributed by atoms with E-state index < -0.39 is 24.5 Å². The number of carbonyl (C=O) groups is 3. The number of amides is 3. The molecule has 0 aliphatic heterocycles. The summed E-state index contributed by atoms with van der Waals surface area (Å²) in [5, 5.41) is 6.58. The Hall–Kier alpha value is -2.87. The van der Waals surface area contributed by atoms with Crippen molar-refractivity contribution < 1.29 is 19.1 Å². The Kier molecular flexibility index (Phi) is 6.30. The molecule has 0 bridgehead atoms. The number of imide groups is 1. The maximum atomic E-state index is 11.8. The van der Waals surface area contributed by atoms with Crippen LogP contribution in [-0.2, 0) is 20.9 Å². The van der Waals surface area contributed by atoms with Gasteiger partial charge in [-0.1, -0.05) is 6.07 Å². The fourth-order valence-corrected chi connectivity index (χ4v) is 3.64. The number of ether oxygens (including phenoxy) is 1. The van der Waals surface area contributed by atoms with E-state index >= 15 is 0 Å². The third-order valence-corrected chi connectivity index (χ3v) is 5.31. The van der Waals surface area contributed by atoms with Gasteiger partial charge in [0.2, 0.25) is 0 Å². The Labute approximate surface area is 167 Å². The maximum Gasteiger partial charge on any atom is 0.331 e. The zero-order valence-corrected chi connectivity index (χ0v) is 16.7. The van der Waals surface area contributed by atoms with Crippen molar-refractivity contribution in [2.24, 2.45) is 0 Å². The third kappa shape index (κ3) is 5.32. The molecule has 1 saturated carbocycles. The molecule has 0 unspecified atom stereocenters. The van der Waals surface area contributed by atoms with Crippen LogP contribution in [-0.4, -0.2) is 29.1 Å². The highest BCUT2D eigenvalue weighted by molar-refractivity contribution is 7.09. The second-order valence-corrected chi connectivity index (χ2v) is 7.71. The van der Waals surface area contributed by atoms with E-state index in [0.717, 1.165) is 16.1 Å². The molecule has 7 nitrogen and oxygen atoms in total. The molecule has 28 heavy (non-hydrogen) atoms. The summed E-state index contributed by atoms with van der Waals surface area (Å²) in [4.78, 5) is 36.2. The van der Waals surface area contributed by atoms with Crippen molar-refractivity contribution >= 4 is 35.3 Å². The first kappa shape index (κ1) is 19.9. The average Bonchev–Trinajstić information content (AvgIpc) is 3.25. The minimum absolute atomic E-state index is 0.332. The second-order valence-electron chi connectivity index (χ2n) is 6.68. The summed E-state index contributed by atoms with van der Waals surface area (Å²) in [5.41, 5.74) is 3.24. The van der Waals surface area contributed by atoms with Crippen LogP contribution in [0, 0.1) is 13.8 Å². The number of nitrogens with one attached hydrogen (secondary N) is 2. The van der Waals surface area contributed by atoms with Gasteiger partial charge in [-0.15, -0.1) is 11.3 Å². The number of aryl methyl sites for hydroxylation is 1. The third-order valence-electron chi connectivity index (χ3n) is 4.44. The molecular weight excluding hydrogens is 378 g/mol. The van der Waals surface area contributed by atoms with Crippen LogP contribution in [0.4, 0.5) is 4.79 Å². The molecule has 1 aliphatic rings. The summed E-state index contributed by atoms with van der Waals surface area (Å²) < 4.78 is 7.18. The molecule has 0 aromatic carbocycles. The molecule has 0 saturated heterocycles. The van der Waals surface area contributed by atoms with Gasteiger partial charge >= 0.3 is 12.0 Å². The zero-order valence-electron chi connectivity index (χ0n) is 15.9. The Morgan fingerprint density at radius 3 is 2.79 bits per heavy atom. The van der Waals surface area contributed by atoms with Crippen LogP contribution in [0.3, 0.4) is 0 Å². The molecule has 0 atom stereocenters. The summed E-state index contributed by atoms with van der Waals surface area (Å²) in [6.45, 7) is 3.89. The molecule has 3 rings (SSSR count). The normalized spacial score (nSPS) is 13.5.